The van der Waals surface area contributed by atoms with E-state index >= 15 is 0 Å². The Balaban J connectivity index is 0.00000392. The van der Waals surface area contributed by atoms with Gasteiger partial charge in [-0.05, 0) is 25.5 Å². The topological polar surface area (TPSA) is 93.8 Å². The smallest absolute Gasteiger partial charge is 0.387 e. The summed E-state index contributed by atoms with van der Waals surface area (Å²) >= 11 is 0. The van der Waals surface area contributed by atoms with Gasteiger partial charge in [-0.25, -0.2) is 0 Å². The molecule has 0 bridgehead atoms. The molecule has 2 aromatic rings. The fourth-order valence-electron chi connectivity index (χ4n) is 2.17. The van der Waals surface area contributed by atoms with Crippen LogP contribution in [0.2, 0.25) is 0 Å². The molecule has 0 saturated heterocycles. The molecule has 0 aliphatic heterocycles. The Hall–Kier alpha value is -2.18. The lowest BCUT2D eigenvalue weighted by molar-refractivity contribution is -0.0505. The number of rotatable bonds is 9. The van der Waals surface area contributed by atoms with Gasteiger partial charge < -0.3 is 24.6 Å². The zero-order valence-electron chi connectivity index (χ0n) is 15.9. The van der Waals surface area contributed by atoms with Gasteiger partial charge in [0.25, 0.3) is 0 Å². The van der Waals surface area contributed by atoms with E-state index in [1.54, 1.807) is 26.1 Å². The number of nitrogens with one attached hydrogen (secondary N) is 2. The molecule has 0 atom stereocenters. The molecule has 2 rings (SSSR count). The van der Waals surface area contributed by atoms with Crippen molar-refractivity contribution in [2.45, 2.75) is 40.0 Å². The van der Waals surface area contributed by atoms with E-state index in [1.165, 1.54) is 6.07 Å². The molecule has 11 heteroatoms. The Bertz CT molecular complexity index is 758. The number of alkyl halides is 2. The highest BCUT2D eigenvalue weighted by atomic mass is 127. The monoisotopic (exact) mass is 511 g/mol. The van der Waals surface area contributed by atoms with Gasteiger partial charge in [0.2, 0.25) is 5.89 Å². The van der Waals surface area contributed by atoms with Crippen molar-refractivity contribution in [1.29, 1.82) is 0 Å². The van der Waals surface area contributed by atoms with E-state index in [-0.39, 0.29) is 42.8 Å². The number of benzene rings is 1. The number of hydrogen-bond donors (Lipinski definition) is 2. The van der Waals surface area contributed by atoms with Crippen LogP contribution in [-0.2, 0) is 13.1 Å². The van der Waals surface area contributed by atoms with Crippen LogP contribution in [0.3, 0.4) is 0 Å². The van der Waals surface area contributed by atoms with E-state index in [2.05, 4.69) is 30.5 Å². The van der Waals surface area contributed by atoms with Gasteiger partial charge in [0, 0.05) is 25.2 Å². The van der Waals surface area contributed by atoms with Gasteiger partial charge in [-0.2, -0.15) is 13.8 Å². The van der Waals surface area contributed by atoms with Crippen LogP contribution in [0.15, 0.2) is 27.7 Å². The molecule has 1 aromatic carbocycles. The lowest BCUT2D eigenvalue weighted by Crippen LogP contribution is -2.36. The van der Waals surface area contributed by atoms with Gasteiger partial charge in [0.15, 0.2) is 11.8 Å². The Kier molecular flexibility index (Phi) is 10.5. The molecule has 0 unspecified atom stereocenters. The minimum atomic E-state index is -2.93. The predicted octanol–water partition coefficient (Wildman–Crippen LogP) is 3.25. The van der Waals surface area contributed by atoms with Crippen LogP contribution in [0.5, 0.6) is 11.5 Å². The summed E-state index contributed by atoms with van der Waals surface area (Å²) in [5.41, 5.74) is 0.538. The van der Waals surface area contributed by atoms with Crippen molar-refractivity contribution in [2.24, 2.45) is 4.99 Å². The van der Waals surface area contributed by atoms with E-state index < -0.39 is 6.61 Å². The SMILES string of the molecule is CCCOc1ccc(CNC(=NC)NCc2nc(C)no2)c(OC(F)F)c1.I. The lowest BCUT2D eigenvalue weighted by atomic mass is 10.2. The third-order valence-electron chi connectivity index (χ3n) is 3.37. The standard InChI is InChI=1S/C17H23F2N5O3.HI/c1-4-7-25-13-6-5-12(14(8-13)26-16(18)19)9-21-17(20-3)22-10-15-23-11(2)24-27-15;/h5-6,8,16H,4,7,9-10H2,1-3H3,(H2,20,21,22);1H. The van der Waals surface area contributed by atoms with Gasteiger partial charge in [-0.3, -0.25) is 4.99 Å². The number of aromatic nitrogens is 2. The van der Waals surface area contributed by atoms with E-state index in [9.17, 15) is 8.78 Å². The largest absolute Gasteiger partial charge is 0.493 e. The van der Waals surface area contributed by atoms with Crippen LogP contribution in [0.4, 0.5) is 8.78 Å². The molecule has 28 heavy (non-hydrogen) atoms. The van der Waals surface area contributed by atoms with Crippen molar-refractivity contribution in [3.8, 4) is 11.5 Å². The number of nitrogens with zero attached hydrogens (tertiary/aromatic N) is 3. The van der Waals surface area contributed by atoms with Crippen molar-refractivity contribution >= 4 is 29.9 Å². The number of ether oxygens (including phenoxy) is 2. The van der Waals surface area contributed by atoms with E-state index in [1.807, 2.05) is 6.92 Å². The summed E-state index contributed by atoms with van der Waals surface area (Å²) < 4.78 is 40.5. The van der Waals surface area contributed by atoms with Crippen molar-refractivity contribution < 1.29 is 22.8 Å². The first-order valence-corrected chi connectivity index (χ1v) is 8.46. The first kappa shape index (κ1) is 23.9. The van der Waals surface area contributed by atoms with Crippen LogP contribution >= 0.6 is 24.0 Å². The van der Waals surface area contributed by atoms with Crippen molar-refractivity contribution in [3.05, 3.63) is 35.5 Å². The minimum absolute atomic E-state index is 0. The molecule has 0 amide bonds. The summed E-state index contributed by atoms with van der Waals surface area (Å²) in [7, 11) is 1.59. The normalized spacial score (nSPS) is 11.1. The maximum Gasteiger partial charge on any atom is 0.387 e. The fourth-order valence-corrected chi connectivity index (χ4v) is 2.17. The maximum absolute atomic E-state index is 12.7. The van der Waals surface area contributed by atoms with Gasteiger partial charge in [0.1, 0.15) is 11.5 Å². The third-order valence-corrected chi connectivity index (χ3v) is 3.37. The maximum atomic E-state index is 12.7. The number of halogens is 3. The van der Waals surface area contributed by atoms with E-state index in [4.69, 9.17) is 9.26 Å². The molecule has 2 N–H and O–H groups in total. The van der Waals surface area contributed by atoms with Crippen LogP contribution < -0.4 is 20.1 Å². The van der Waals surface area contributed by atoms with Crippen LogP contribution in [0, 0.1) is 6.92 Å². The Labute approximate surface area is 179 Å². The molecule has 0 saturated carbocycles. The number of hydrogen-bond acceptors (Lipinski definition) is 6. The molecule has 0 radical (unpaired) electrons. The summed E-state index contributed by atoms with van der Waals surface area (Å²) in [6.45, 7) is 1.76. The van der Waals surface area contributed by atoms with Crippen molar-refractivity contribution in [3.63, 3.8) is 0 Å². The second kappa shape index (κ2) is 12.3. The zero-order chi connectivity index (χ0) is 19.6. The molecule has 1 aromatic heterocycles. The van der Waals surface area contributed by atoms with Crippen LogP contribution in [-0.4, -0.2) is 36.4 Å². The molecule has 8 nitrogen and oxygen atoms in total. The second-order valence-corrected chi connectivity index (χ2v) is 5.51. The molecule has 0 aliphatic carbocycles. The fraction of sp³-hybridized carbons (Fsp3) is 0.471. The molecule has 0 spiro atoms. The predicted molar refractivity (Wildman–Crippen MR) is 110 cm³/mol. The molecule has 0 aliphatic rings. The average Bonchev–Trinajstić information content (AvgIpc) is 3.06. The van der Waals surface area contributed by atoms with Crippen molar-refractivity contribution in [2.75, 3.05) is 13.7 Å². The Morgan fingerprint density at radius 3 is 2.64 bits per heavy atom. The van der Waals surface area contributed by atoms with Gasteiger partial charge in [-0.1, -0.05) is 12.1 Å². The van der Waals surface area contributed by atoms with Crippen LogP contribution in [0.1, 0.15) is 30.6 Å². The lowest BCUT2D eigenvalue weighted by Gasteiger charge is -2.15. The van der Waals surface area contributed by atoms with Gasteiger partial charge in [0.05, 0.1) is 13.2 Å². The highest BCUT2D eigenvalue weighted by Crippen LogP contribution is 2.26. The highest BCUT2D eigenvalue weighted by Gasteiger charge is 2.12. The van der Waals surface area contributed by atoms with E-state index in [0.717, 1.165) is 6.42 Å². The van der Waals surface area contributed by atoms with Gasteiger partial charge >= 0.3 is 6.61 Å². The molecule has 1 heterocycles. The average molecular weight is 511 g/mol. The summed E-state index contributed by atoms with van der Waals surface area (Å²) in [5.74, 6) is 1.92. The summed E-state index contributed by atoms with van der Waals surface area (Å²) in [4.78, 5) is 8.14. The van der Waals surface area contributed by atoms with Crippen LogP contribution in [0.25, 0.3) is 0 Å². The van der Waals surface area contributed by atoms with E-state index in [0.29, 0.717) is 35.6 Å². The molecular weight excluding hydrogens is 487 g/mol. The molecule has 0 fully saturated rings. The molecular formula is C17H24F2IN5O3. The highest BCUT2D eigenvalue weighted by molar-refractivity contribution is 14.0. The Morgan fingerprint density at radius 2 is 2.04 bits per heavy atom. The number of guanidine groups is 1. The first-order valence-electron chi connectivity index (χ1n) is 8.46. The second-order valence-electron chi connectivity index (χ2n) is 5.51. The number of aliphatic imine (C=N–C) groups is 1. The van der Waals surface area contributed by atoms with Crippen molar-refractivity contribution in [1.82, 2.24) is 20.8 Å². The summed E-state index contributed by atoms with van der Waals surface area (Å²) in [6.07, 6.45) is 0.815. The Morgan fingerprint density at radius 1 is 1.29 bits per heavy atom. The number of aryl methyl sites for hydroxylation is 1. The van der Waals surface area contributed by atoms with Gasteiger partial charge in [-0.15, -0.1) is 24.0 Å². The molecule has 156 valence electrons. The summed E-state index contributed by atoms with van der Waals surface area (Å²) in [5, 5.41) is 9.72. The first-order chi connectivity index (χ1) is 13.0. The quantitative estimate of drug-likeness (QED) is 0.303. The minimum Gasteiger partial charge on any atom is -0.493 e. The zero-order valence-corrected chi connectivity index (χ0v) is 18.2. The summed E-state index contributed by atoms with van der Waals surface area (Å²) in [6, 6.07) is 4.84. The third kappa shape index (κ3) is 7.82.